The van der Waals surface area contributed by atoms with Crippen LogP contribution in [0.15, 0.2) is 134 Å². The van der Waals surface area contributed by atoms with Gasteiger partial charge >= 0.3 is 0 Å². The molecule has 0 spiro atoms. The second-order valence-corrected chi connectivity index (χ2v) is 27.1. The first-order valence-corrected chi connectivity index (χ1v) is 38.9. The molecule has 101 heavy (non-hydrogen) atoms. The van der Waals surface area contributed by atoms with Gasteiger partial charge in [0.15, 0.2) is 18.9 Å². The van der Waals surface area contributed by atoms with Crippen molar-refractivity contribution in [2.24, 2.45) is 0 Å². The summed E-state index contributed by atoms with van der Waals surface area (Å²) in [5, 5.41) is 121. The predicted molar refractivity (Wildman–Crippen MR) is 401 cm³/mol. The smallest absolute Gasteiger partial charge is 0.220 e. The molecule has 12 N–H and O–H groups in total. The zero-order valence-corrected chi connectivity index (χ0v) is 61.6. The maximum atomic E-state index is 13.4. The van der Waals surface area contributed by atoms with E-state index < -0.39 is 124 Å². The number of nitrogens with one attached hydrogen (secondary N) is 1. The number of rotatable bonds is 59. The van der Waals surface area contributed by atoms with E-state index in [1.165, 1.54) is 96.3 Å². The van der Waals surface area contributed by atoms with E-state index in [0.29, 0.717) is 6.42 Å². The van der Waals surface area contributed by atoms with Crippen LogP contribution in [-0.4, -0.2) is 193 Å². The summed E-state index contributed by atoms with van der Waals surface area (Å²) < 4.78 is 34.4. The number of allylic oxidation sites excluding steroid dienone is 21. The summed E-state index contributed by atoms with van der Waals surface area (Å²) in [5.41, 5.74) is 0. The van der Waals surface area contributed by atoms with Crippen molar-refractivity contribution in [3.63, 3.8) is 0 Å². The van der Waals surface area contributed by atoms with Gasteiger partial charge in [-0.15, -0.1) is 0 Å². The van der Waals surface area contributed by atoms with Gasteiger partial charge in [-0.05, 0) is 96.3 Å². The normalized spacial score (nSPS) is 27.1. The third-order valence-electron chi connectivity index (χ3n) is 18.5. The number of carbonyl (C=O) groups is 1. The summed E-state index contributed by atoms with van der Waals surface area (Å²) >= 11 is 0. The molecular formula is C82H137NO18. The highest BCUT2D eigenvalue weighted by molar-refractivity contribution is 5.76. The van der Waals surface area contributed by atoms with E-state index in [9.17, 15) is 61.0 Å². The molecule has 0 aliphatic carbocycles. The average molecular weight is 1420 g/mol. The van der Waals surface area contributed by atoms with Crippen LogP contribution < -0.4 is 5.32 Å². The van der Waals surface area contributed by atoms with Crippen molar-refractivity contribution in [2.45, 2.75) is 349 Å². The van der Waals surface area contributed by atoms with Crippen LogP contribution in [0, 0.1) is 0 Å². The van der Waals surface area contributed by atoms with E-state index in [4.69, 9.17) is 28.4 Å². The van der Waals surface area contributed by atoms with Gasteiger partial charge in [-0.25, -0.2) is 0 Å². The molecule has 3 saturated heterocycles. The minimum absolute atomic E-state index is 0.230. The lowest BCUT2D eigenvalue weighted by atomic mass is 9.96. The summed E-state index contributed by atoms with van der Waals surface area (Å²) in [6, 6.07) is -0.984. The van der Waals surface area contributed by atoms with Crippen molar-refractivity contribution in [1.82, 2.24) is 5.32 Å². The van der Waals surface area contributed by atoms with Gasteiger partial charge < -0.3 is 89.9 Å². The molecule has 0 aromatic heterocycles. The Labute approximate surface area is 607 Å². The summed E-state index contributed by atoms with van der Waals surface area (Å²) in [6.45, 7) is 1.60. The first kappa shape index (κ1) is 91.1. The molecule has 3 fully saturated rings. The van der Waals surface area contributed by atoms with Crippen molar-refractivity contribution in [3.05, 3.63) is 134 Å². The molecule has 1 amide bonds. The van der Waals surface area contributed by atoms with Crippen LogP contribution in [0.2, 0.25) is 0 Å². The Balaban J connectivity index is 1.33. The van der Waals surface area contributed by atoms with Crippen molar-refractivity contribution in [3.8, 4) is 0 Å². The second kappa shape index (κ2) is 61.1. The number of carbonyl (C=O) groups excluding carboxylic acids is 1. The van der Waals surface area contributed by atoms with Crippen LogP contribution in [0.3, 0.4) is 0 Å². The van der Waals surface area contributed by atoms with Crippen molar-refractivity contribution < 1.29 is 89.4 Å². The van der Waals surface area contributed by atoms with Gasteiger partial charge in [0.05, 0.1) is 38.6 Å². The van der Waals surface area contributed by atoms with Gasteiger partial charge in [0.25, 0.3) is 0 Å². The SMILES string of the molecule is CC/C=C\C/C=C\C/C=C\C/C=C\C/C=C\C/C=C\C/C=C\C/C=C\C/C=C\C/C=C\CCCCCCCCCCCCC(=O)NC(COC1OC(CO)C(OC2OC(CO)C(OC3OC(CO)C(O)C(O)C3O)C(O)C2O)C(O)C1O)C(O)/C=C/CCCCCCCCCCCCCCC. The molecule has 19 heteroatoms. The third-order valence-corrected chi connectivity index (χ3v) is 18.5. The minimum Gasteiger partial charge on any atom is -0.394 e. The van der Waals surface area contributed by atoms with Crippen LogP contribution in [0.1, 0.15) is 245 Å². The number of unbranched alkanes of at least 4 members (excludes halogenated alkanes) is 23. The lowest BCUT2D eigenvalue weighted by Crippen LogP contribution is -2.66. The van der Waals surface area contributed by atoms with Gasteiger partial charge in [-0.2, -0.15) is 0 Å². The van der Waals surface area contributed by atoms with Gasteiger partial charge in [0, 0.05) is 6.42 Å². The Morgan fingerprint density at radius 3 is 1.07 bits per heavy atom. The largest absolute Gasteiger partial charge is 0.394 e. The fraction of sp³-hybridized carbons (Fsp3) is 0.720. The standard InChI is InChI=1S/C82H137NO18/c1-3-5-7-9-11-13-15-17-19-20-21-22-23-24-25-26-27-28-29-30-31-32-33-34-35-36-37-38-39-40-41-42-43-44-46-48-50-52-54-56-58-60-70(88)83-65(66(87)59-57-55-53-51-49-47-45-18-16-14-12-10-8-6-4-2)64-96-80-76(94)73(91)78(68(62-85)98-80)101-82-77(95)74(92)79(69(63-86)99-82)100-81-75(93)72(90)71(89)67(61-84)97-81/h5,7,11,13,17,19,21-22,24-25,27-28,30-31,33-34,36-37,39-40,57,59,65-69,71-82,84-87,89-95H,3-4,6,8-10,12,14-16,18,20,23,26,29,32,35,38,41-56,58,60-64H2,1-2H3,(H,83,88)/b7-5-,13-11-,19-17-,22-21-,25-24-,28-27-,31-30-,34-33-,37-36-,40-39-,59-57+. The molecule has 17 unspecified atom stereocenters. The van der Waals surface area contributed by atoms with E-state index in [1.807, 2.05) is 6.08 Å². The Morgan fingerprint density at radius 2 is 0.683 bits per heavy atom. The number of aliphatic hydroxyl groups excluding tert-OH is 11. The molecule has 17 atom stereocenters. The van der Waals surface area contributed by atoms with E-state index in [1.54, 1.807) is 6.08 Å². The van der Waals surface area contributed by atoms with Crippen molar-refractivity contribution >= 4 is 5.91 Å². The summed E-state index contributed by atoms with van der Waals surface area (Å²) in [6.07, 6.45) is 60.0. The molecule has 0 saturated carbocycles. The van der Waals surface area contributed by atoms with E-state index in [2.05, 4.69) is 141 Å². The molecule has 3 heterocycles. The van der Waals surface area contributed by atoms with Gasteiger partial charge in [0.2, 0.25) is 5.91 Å². The predicted octanol–water partition coefficient (Wildman–Crippen LogP) is 12.5. The zero-order valence-electron chi connectivity index (χ0n) is 61.6. The molecule has 578 valence electrons. The topological polar surface area (TPSA) is 307 Å². The average Bonchev–Trinajstić information content (AvgIpc) is 0.782. The highest BCUT2D eigenvalue weighted by atomic mass is 16.8. The quantitative estimate of drug-likeness (QED) is 0.0199. The minimum atomic E-state index is -1.98. The highest BCUT2D eigenvalue weighted by Gasteiger charge is 2.53. The molecule has 3 aliphatic heterocycles. The van der Waals surface area contributed by atoms with E-state index in [-0.39, 0.29) is 18.9 Å². The maximum Gasteiger partial charge on any atom is 0.220 e. The molecular weight excluding hydrogens is 1290 g/mol. The van der Waals surface area contributed by atoms with Crippen LogP contribution >= 0.6 is 0 Å². The Morgan fingerprint density at radius 1 is 0.366 bits per heavy atom. The molecule has 0 radical (unpaired) electrons. The monoisotopic (exact) mass is 1420 g/mol. The Kier molecular flexibility index (Phi) is 55.2. The lowest BCUT2D eigenvalue weighted by Gasteiger charge is -2.48. The molecule has 3 aliphatic rings. The fourth-order valence-electron chi connectivity index (χ4n) is 12.2. The summed E-state index contributed by atoms with van der Waals surface area (Å²) in [7, 11) is 0. The van der Waals surface area contributed by atoms with Crippen LogP contribution in [0.4, 0.5) is 0 Å². The van der Waals surface area contributed by atoms with Gasteiger partial charge in [-0.1, -0.05) is 276 Å². The summed E-state index contributed by atoms with van der Waals surface area (Å²) in [4.78, 5) is 13.4. The van der Waals surface area contributed by atoms with Crippen molar-refractivity contribution in [2.75, 3.05) is 26.4 Å². The maximum absolute atomic E-state index is 13.4. The number of hydrogen-bond acceptors (Lipinski definition) is 18. The van der Waals surface area contributed by atoms with Gasteiger partial charge in [-0.3, -0.25) is 4.79 Å². The lowest BCUT2D eigenvalue weighted by molar-refractivity contribution is -0.379. The van der Waals surface area contributed by atoms with Crippen molar-refractivity contribution in [1.29, 1.82) is 0 Å². The first-order chi connectivity index (χ1) is 49.3. The van der Waals surface area contributed by atoms with E-state index >= 15 is 0 Å². The first-order valence-electron chi connectivity index (χ1n) is 38.9. The molecule has 3 rings (SSSR count). The fourth-order valence-corrected chi connectivity index (χ4v) is 12.2. The van der Waals surface area contributed by atoms with Crippen LogP contribution in [0.5, 0.6) is 0 Å². The molecule has 0 aromatic rings. The number of aliphatic hydroxyl groups is 11. The number of amides is 1. The third kappa shape index (κ3) is 41.4. The Bertz CT molecular complexity index is 2350. The van der Waals surface area contributed by atoms with Gasteiger partial charge in [0.1, 0.15) is 73.2 Å². The highest BCUT2D eigenvalue weighted by Crippen LogP contribution is 2.33. The van der Waals surface area contributed by atoms with E-state index in [0.717, 1.165) is 122 Å². The van der Waals surface area contributed by atoms with Crippen LogP contribution in [-0.2, 0) is 33.2 Å². The number of hydrogen-bond donors (Lipinski definition) is 12. The number of ether oxygens (including phenoxy) is 6. The second-order valence-electron chi connectivity index (χ2n) is 27.1. The summed E-state index contributed by atoms with van der Waals surface area (Å²) in [5.74, 6) is -0.285. The zero-order chi connectivity index (χ0) is 73.2. The van der Waals surface area contributed by atoms with Crippen LogP contribution in [0.25, 0.3) is 0 Å². The molecule has 19 nitrogen and oxygen atoms in total. The molecule has 0 aromatic carbocycles. The molecule has 0 bridgehead atoms. The Hall–Kier alpha value is -4.07.